The molecule has 0 spiro atoms. The van der Waals surface area contributed by atoms with E-state index in [4.69, 9.17) is 15.5 Å². The van der Waals surface area contributed by atoms with Gasteiger partial charge in [0.25, 0.3) is 11.6 Å². The zero-order chi connectivity index (χ0) is 18.8. The Morgan fingerprint density at radius 1 is 1.30 bits per heavy atom. The van der Waals surface area contributed by atoms with Crippen molar-refractivity contribution in [2.75, 3.05) is 24.6 Å². The first kappa shape index (κ1) is 17.5. The van der Waals surface area contributed by atoms with Gasteiger partial charge in [0.05, 0.1) is 13.2 Å². The van der Waals surface area contributed by atoms with Gasteiger partial charge < -0.3 is 15.4 Å². The second-order valence-electron chi connectivity index (χ2n) is 6.81. The number of benzene rings is 1. The lowest BCUT2D eigenvalue weighted by atomic mass is 10.1. The molecule has 1 saturated heterocycles. The Morgan fingerprint density at radius 3 is 2.85 bits per heavy atom. The topological polar surface area (TPSA) is 102 Å². The molecule has 0 amide bonds. The van der Waals surface area contributed by atoms with E-state index < -0.39 is 0 Å². The molecular weight excluding hydrogens is 344 g/mol. The molecule has 0 radical (unpaired) electrons. The lowest BCUT2D eigenvalue weighted by Crippen LogP contribution is -2.44. The number of aromatic nitrogens is 4. The second kappa shape index (κ2) is 7.40. The maximum atomic E-state index is 12.8. The van der Waals surface area contributed by atoms with Crippen molar-refractivity contribution < 1.29 is 4.74 Å². The Bertz CT molecular complexity index is 981. The number of hydrogen-bond acceptors (Lipinski definition) is 6. The van der Waals surface area contributed by atoms with Crippen LogP contribution < -0.4 is 20.9 Å². The third kappa shape index (κ3) is 3.52. The van der Waals surface area contributed by atoms with Gasteiger partial charge in [-0.1, -0.05) is 30.3 Å². The van der Waals surface area contributed by atoms with E-state index in [2.05, 4.69) is 14.9 Å². The van der Waals surface area contributed by atoms with E-state index in [0.717, 1.165) is 30.9 Å². The van der Waals surface area contributed by atoms with Crippen molar-refractivity contribution in [1.29, 1.82) is 0 Å². The number of anilines is 1. The normalized spacial score (nSPS) is 17.4. The van der Waals surface area contributed by atoms with Gasteiger partial charge in [-0.15, -0.1) is 0 Å². The van der Waals surface area contributed by atoms with Gasteiger partial charge in [-0.3, -0.25) is 14.3 Å². The molecule has 0 saturated carbocycles. The molecule has 1 atom stereocenters. The fourth-order valence-electron chi connectivity index (χ4n) is 3.57. The Kier molecular flexibility index (Phi) is 4.81. The van der Waals surface area contributed by atoms with Crippen molar-refractivity contribution in [3.05, 3.63) is 46.2 Å². The highest BCUT2D eigenvalue weighted by Gasteiger charge is 2.25. The molecule has 8 heteroatoms. The van der Waals surface area contributed by atoms with Crippen LogP contribution in [0.5, 0.6) is 6.01 Å². The van der Waals surface area contributed by atoms with Crippen molar-refractivity contribution in [2.24, 2.45) is 5.73 Å². The van der Waals surface area contributed by atoms with Crippen LogP contribution in [0.25, 0.3) is 11.2 Å². The van der Waals surface area contributed by atoms with Crippen LogP contribution in [0.3, 0.4) is 0 Å². The zero-order valence-corrected chi connectivity index (χ0v) is 15.4. The molecule has 1 aliphatic heterocycles. The molecule has 142 valence electrons. The number of fused-ring (bicyclic) bond motifs is 1. The Labute approximate surface area is 157 Å². The van der Waals surface area contributed by atoms with E-state index in [-0.39, 0.29) is 17.6 Å². The van der Waals surface area contributed by atoms with E-state index in [1.807, 2.05) is 41.8 Å². The molecule has 2 aromatic heterocycles. The maximum Gasteiger partial charge on any atom is 0.298 e. The van der Waals surface area contributed by atoms with Gasteiger partial charge >= 0.3 is 0 Å². The summed E-state index contributed by atoms with van der Waals surface area (Å²) in [4.78, 5) is 26.7. The predicted molar refractivity (Wildman–Crippen MR) is 104 cm³/mol. The van der Waals surface area contributed by atoms with Gasteiger partial charge in [-0.2, -0.15) is 9.97 Å². The fraction of sp³-hybridized carbons (Fsp3) is 0.421. The molecule has 1 aromatic carbocycles. The van der Waals surface area contributed by atoms with Crippen molar-refractivity contribution in [3.8, 4) is 6.01 Å². The largest absolute Gasteiger partial charge is 0.465 e. The predicted octanol–water partition coefficient (Wildman–Crippen LogP) is 1.49. The number of aromatic amines is 1. The first-order valence-corrected chi connectivity index (χ1v) is 9.33. The van der Waals surface area contributed by atoms with Crippen molar-refractivity contribution >= 4 is 17.1 Å². The van der Waals surface area contributed by atoms with Gasteiger partial charge in [-0.05, 0) is 25.3 Å². The van der Waals surface area contributed by atoms with Crippen molar-refractivity contribution in [2.45, 2.75) is 32.4 Å². The smallest absolute Gasteiger partial charge is 0.298 e. The third-order valence-corrected chi connectivity index (χ3v) is 4.78. The first-order valence-electron chi connectivity index (χ1n) is 9.33. The number of nitrogens with zero attached hydrogens (tertiary/aromatic N) is 4. The molecule has 3 aromatic rings. The van der Waals surface area contributed by atoms with Crippen molar-refractivity contribution in [1.82, 2.24) is 19.5 Å². The average Bonchev–Trinajstić information content (AvgIpc) is 3.02. The van der Waals surface area contributed by atoms with Gasteiger partial charge in [0.2, 0.25) is 5.95 Å². The zero-order valence-electron chi connectivity index (χ0n) is 15.4. The summed E-state index contributed by atoms with van der Waals surface area (Å²) in [5, 5.41) is 0. The van der Waals surface area contributed by atoms with Crippen LogP contribution in [0.2, 0.25) is 0 Å². The highest BCUT2D eigenvalue weighted by Crippen LogP contribution is 2.24. The van der Waals surface area contributed by atoms with E-state index in [1.165, 1.54) is 0 Å². The van der Waals surface area contributed by atoms with E-state index in [1.54, 1.807) is 0 Å². The van der Waals surface area contributed by atoms with Gasteiger partial charge in [0, 0.05) is 19.1 Å². The molecule has 4 rings (SSSR count). The summed E-state index contributed by atoms with van der Waals surface area (Å²) in [5.41, 5.74) is 7.86. The minimum Gasteiger partial charge on any atom is -0.465 e. The molecule has 1 unspecified atom stereocenters. The number of imidazole rings is 1. The number of ether oxygens (including phenoxy) is 1. The summed E-state index contributed by atoms with van der Waals surface area (Å²) in [5.74, 6) is 0.732. The quantitative estimate of drug-likeness (QED) is 0.707. The van der Waals surface area contributed by atoms with Crippen LogP contribution in [0.15, 0.2) is 35.1 Å². The van der Waals surface area contributed by atoms with Gasteiger partial charge in [0.15, 0.2) is 11.2 Å². The van der Waals surface area contributed by atoms with E-state index >= 15 is 0 Å². The van der Waals surface area contributed by atoms with E-state index in [9.17, 15) is 4.79 Å². The Morgan fingerprint density at radius 2 is 2.11 bits per heavy atom. The SMILES string of the molecule is CCOc1nc2nc(N3CCCC(N)C3)n(Cc3ccccc3)c2c(=O)[nH]1. The van der Waals surface area contributed by atoms with Crippen molar-refractivity contribution in [3.63, 3.8) is 0 Å². The Balaban J connectivity index is 1.85. The maximum absolute atomic E-state index is 12.8. The van der Waals surface area contributed by atoms with Crippen LogP contribution >= 0.6 is 0 Å². The number of nitrogens with two attached hydrogens (primary N) is 1. The molecule has 3 N–H and O–H groups in total. The molecule has 27 heavy (non-hydrogen) atoms. The number of rotatable bonds is 5. The van der Waals surface area contributed by atoms with Gasteiger partial charge in [-0.25, -0.2) is 0 Å². The summed E-state index contributed by atoms with van der Waals surface area (Å²) < 4.78 is 7.31. The third-order valence-electron chi connectivity index (χ3n) is 4.78. The van der Waals surface area contributed by atoms with Crippen LogP contribution in [-0.2, 0) is 6.54 Å². The molecule has 1 fully saturated rings. The molecule has 8 nitrogen and oxygen atoms in total. The lowest BCUT2D eigenvalue weighted by Gasteiger charge is -2.31. The molecule has 0 bridgehead atoms. The minimum absolute atomic E-state index is 0.106. The summed E-state index contributed by atoms with van der Waals surface area (Å²) >= 11 is 0. The van der Waals surface area contributed by atoms with Crippen LogP contribution in [0, 0.1) is 0 Å². The summed E-state index contributed by atoms with van der Waals surface area (Å²) in [7, 11) is 0. The standard InChI is InChI=1S/C19H24N6O2/c1-2-27-18-21-16-15(17(26)23-18)25(11-13-7-4-3-5-8-13)19(22-16)24-10-6-9-14(20)12-24/h3-5,7-8,14H,2,6,9-12,20H2,1H3,(H,21,23,26). The number of H-pyrrole nitrogens is 1. The van der Waals surface area contributed by atoms with E-state index in [0.29, 0.717) is 30.9 Å². The summed E-state index contributed by atoms with van der Waals surface area (Å²) in [6.07, 6.45) is 2.01. The molecule has 3 heterocycles. The average molecular weight is 368 g/mol. The van der Waals surface area contributed by atoms with Crippen LogP contribution in [-0.4, -0.2) is 45.3 Å². The highest BCUT2D eigenvalue weighted by atomic mass is 16.5. The van der Waals surface area contributed by atoms with Gasteiger partial charge in [0.1, 0.15) is 0 Å². The first-order chi connectivity index (χ1) is 13.2. The van der Waals surface area contributed by atoms with Crippen LogP contribution in [0.4, 0.5) is 5.95 Å². The second-order valence-corrected chi connectivity index (χ2v) is 6.81. The fourth-order valence-corrected chi connectivity index (χ4v) is 3.57. The lowest BCUT2D eigenvalue weighted by molar-refractivity contribution is 0.313. The summed E-state index contributed by atoms with van der Waals surface area (Å²) in [6.45, 7) is 4.39. The number of piperidine rings is 1. The Hall–Kier alpha value is -2.87. The minimum atomic E-state index is -0.251. The van der Waals surface area contributed by atoms with Crippen LogP contribution in [0.1, 0.15) is 25.3 Å². The molecule has 0 aliphatic carbocycles. The number of hydrogen-bond donors (Lipinski definition) is 2. The monoisotopic (exact) mass is 368 g/mol. The number of nitrogens with one attached hydrogen (secondary N) is 1. The highest BCUT2D eigenvalue weighted by molar-refractivity contribution is 5.74. The summed E-state index contributed by atoms with van der Waals surface area (Å²) in [6, 6.07) is 10.3. The molecular formula is C19H24N6O2. The molecule has 1 aliphatic rings.